The smallest absolute Gasteiger partial charge is 0.131 e. The molecule has 1 heterocycles. The lowest BCUT2D eigenvalue weighted by Gasteiger charge is -2.24. The second kappa shape index (κ2) is 8.32. The number of aliphatic hydroxyl groups excluding tert-OH is 1. The van der Waals surface area contributed by atoms with Crippen LogP contribution >= 0.6 is 0 Å². The Kier molecular flexibility index (Phi) is 6.15. The molecule has 1 unspecified atom stereocenters. The number of pyridine rings is 1. The van der Waals surface area contributed by atoms with Crippen LogP contribution in [0.15, 0.2) is 42.6 Å². The van der Waals surface area contributed by atoms with E-state index in [1.807, 2.05) is 18.2 Å². The summed E-state index contributed by atoms with van der Waals surface area (Å²) in [5, 5.41) is 19.0. The number of aliphatic hydroxyl groups is 1. The van der Waals surface area contributed by atoms with Gasteiger partial charge in [0.25, 0.3) is 0 Å². The number of nitrogens with zero attached hydrogens (tertiary/aromatic N) is 3. The van der Waals surface area contributed by atoms with Gasteiger partial charge in [-0.1, -0.05) is 12.1 Å². The molecule has 120 valence electrons. The first-order chi connectivity index (χ1) is 11.1. The summed E-state index contributed by atoms with van der Waals surface area (Å²) >= 11 is 0. The third-order valence-corrected chi connectivity index (χ3v) is 3.42. The van der Waals surface area contributed by atoms with E-state index >= 15 is 0 Å². The number of hydrogen-bond donors (Lipinski definition) is 1. The molecule has 0 amide bonds. The van der Waals surface area contributed by atoms with Crippen LogP contribution in [0.3, 0.4) is 0 Å². The molecule has 6 heteroatoms. The summed E-state index contributed by atoms with van der Waals surface area (Å²) in [6.07, 6.45) is 0.572. The van der Waals surface area contributed by atoms with Gasteiger partial charge in [0.15, 0.2) is 0 Å². The van der Waals surface area contributed by atoms with Gasteiger partial charge in [0, 0.05) is 32.3 Å². The third-order valence-electron chi connectivity index (χ3n) is 3.42. The Labute approximate surface area is 133 Å². The quantitative estimate of drug-likeness (QED) is 0.853. The van der Waals surface area contributed by atoms with Crippen molar-refractivity contribution in [1.29, 1.82) is 5.26 Å². The molecule has 0 fully saturated rings. The second-order valence-electron chi connectivity index (χ2n) is 5.12. The molecule has 0 aliphatic rings. The summed E-state index contributed by atoms with van der Waals surface area (Å²) in [5.74, 6) is -1.56. The number of nitriles is 1. The van der Waals surface area contributed by atoms with E-state index in [2.05, 4.69) is 4.98 Å². The molecule has 0 spiro atoms. The number of rotatable bonds is 7. The minimum absolute atomic E-state index is 0.0100. The first kappa shape index (κ1) is 17.0. The molecule has 23 heavy (non-hydrogen) atoms. The lowest BCUT2D eigenvalue weighted by molar-refractivity contribution is 0.103. The van der Waals surface area contributed by atoms with Gasteiger partial charge in [-0.2, -0.15) is 5.26 Å². The SMILES string of the molecule is N#CCCN(Cc1ccccn1)CC(O)c1c(F)cccc1F. The Bertz CT molecular complexity index is 653. The fraction of sp³-hybridized carbons (Fsp3) is 0.294. The molecule has 0 aliphatic carbocycles. The molecule has 4 nitrogen and oxygen atoms in total. The van der Waals surface area contributed by atoms with Crippen molar-refractivity contribution in [2.24, 2.45) is 0 Å². The Morgan fingerprint density at radius 3 is 2.52 bits per heavy atom. The van der Waals surface area contributed by atoms with Crippen LogP contribution in [0.4, 0.5) is 8.78 Å². The fourth-order valence-electron chi connectivity index (χ4n) is 2.33. The predicted octanol–water partition coefficient (Wildman–Crippen LogP) is 2.81. The van der Waals surface area contributed by atoms with Crippen LogP contribution in [0.25, 0.3) is 0 Å². The average molecular weight is 317 g/mol. The minimum Gasteiger partial charge on any atom is -0.387 e. The van der Waals surface area contributed by atoms with Gasteiger partial charge < -0.3 is 5.11 Å². The van der Waals surface area contributed by atoms with E-state index in [1.54, 1.807) is 17.2 Å². The molecule has 0 saturated carbocycles. The number of hydrogen-bond acceptors (Lipinski definition) is 4. The van der Waals surface area contributed by atoms with E-state index in [0.717, 1.165) is 17.8 Å². The summed E-state index contributed by atoms with van der Waals surface area (Å²) < 4.78 is 27.5. The van der Waals surface area contributed by atoms with Crippen LogP contribution in [-0.2, 0) is 6.54 Å². The van der Waals surface area contributed by atoms with Crippen molar-refractivity contribution >= 4 is 0 Å². The summed E-state index contributed by atoms with van der Waals surface area (Å²) in [6, 6.07) is 10.9. The van der Waals surface area contributed by atoms with Gasteiger partial charge in [-0.25, -0.2) is 8.78 Å². The maximum atomic E-state index is 13.7. The van der Waals surface area contributed by atoms with Gasteiger partial charge in [0.05, 0.1) is 23.4 Å². The molecule has 0 aliphatic heterocycles. The summed E-state index contributed by atoms with van der Waals surface area (Å²) in [4.78, 5) is 5.94. The van der Waals surface area contributed by atoms with E-state index in [4.69, 9.17) is 5.26 Å². The van der Waals surface area contributed by atoms with Crippen LogP contribution in [0.5, 0.6) is 0 Å². The van der Waals surface area contributed by atoms with Crippen LogP contribution < -0.4 is 0 Å². The van der Waals surface area contributed by atoms with Crippen LogP contribution in [-0.4, -0.2) is 28.1 Å². The lowest BCUT2D eigenvalue weighted by atomic mass is 10.1. The van der Waals surface area contributed by atoms with Crippen molar-refractivity contribution < 1.29 is 13.9 Å². The summed E-state index contributed by atoms with van der Waals surface area (Å²) in [6.45, 7) is 0.770. The van der Waals surface area contributed by atoms with Crippen LogP contribution in [0.1, 0.15) is 23.8 Å². The van der Waals surface area contributed by atoms with E-state index in [1.165, 1.54) is 6.07 Å². The van der Waals surface area contributed by atoms with E-state index in [0.29, 0.717) is 13.1 Å². The van der Waals surface area contributed by atoms with E-state index in [9.17, 15) is 13.9 Å². The standard InChI is InChI=1S/C17H17F2N3O/c18-14-6-3-7-15(19)17(14)16(23)12-22(10-4-8-20)11-13-5-1-2-9-21-13/h1-3,5-7,9,16,23H,4,10-12H2. The highest BCUT2D eigenvalue weighted by Crippen LogP contribution is 2.22. The molecule has 1 aromatic heterocycles. The Balaban J connectivity index is 2.12. The van der Waals surface area contributed by atoms with Gasteiger partial charge in [-0.15, -0.1) is 0 Å². The molecule has 1 N–H and O–H groups in total. The van der Waals surface area contributed by atoms with Gasteiger partial charge in [-0.05, 0) is 24.3 Å². The fourth-order valence-corrected chi connectivity index (χ4v) is 2.33. The number of halogens is 2. The van der Waals surface area contributed by atoms with E-state index < -0.39 is 17.7 Å². The van der Waals surface area contributed by atoms with E-state index in [-0.39, 0.29) is 18.5 Å². The molecule has 0 bridgehead atoms. The monoisotopic (exact) mass is 317 g/mol. The van der Waals surface area contributed by atoms with Crippen LogP contribution in [0, 0.1) is 23.0 Å². The largest absolute Gasteiger partial charge is 0.387 e. The summed E-state index contributed by atoms with van der Waals surface area (Å²) in [5.41, 5.74) is 0.405. The first-order valence-corrected chi connectivity index (χ1v) is 7.23. The molecular weight excluding hydrogens is 300 g/mol. The Morgan fingerprint density at radius 2 is 1.91 bits per heavy atom. The van der Waals surface area contributed by atoms with Gasteiger partial charge >= 0.3 is 0 Å². The third kappa shape index (κ3) is 4.81. The molecule has 1 aromatic carbocycles. The zero-order chi connectivity index (χ0) is 16.7. The molecule has 1 atom stereocenters. The molecule has 0 radical (unpaired) electrons. The Morgan fingerprint density at radius 1 is 1.17 bits per heavy atom. The summed E-state index contributed by atoms with van der Waals surface area (Å²) in [7, 11) is 0. The van der Waals surface area contributed by atoms with Crippen molar-refractivity contribution in [2.75, 3.05) is 13.1 Å². The second-order valence-corrected chi connectivity index (χ2v) is 5.12. The molecule has 2 rings (SSSR count). The first-order valence-electron chi connectivity index (χ1n) is 7.23. The van der Waals surface area contributed by atoms with Gasteiger partial charge in [-0.3, -0.25) is 9.88 Å². The van der Waals surface area contributed by atoms with Gasteiger partial charge in [0.2, 0.25) is 0 Å². The lowest BCUT2D eigenvalue weighted by Crippen LogP contribution is -2.30. The molecular formula is C17H17F2N3O. The topological polar surface area (TPSA) is 60.2 Å². The predicted molar refractivity (Wildman–Crippen MR) is 81.1 cm³/mol. The maximum Gasteiger partial charge on any atom is 0.131 e. The Hall–Kier alpha value is -2.36. The van der Waals surface area contributed by atoms with Crippen molar-refractivity contribution in [3.63, 3.8) is 0 Å². The normalized spacial score (nSPS) is 12.1. The number of benzene rings is 1. The van der Waals surface area contributed by atoms with Crippen LogP contribution in [0.2, 0.25) is 0 Å². The molecule has 2 aromatic rings. The highest BCUT2D eigenvalue weighted by molar-refractivity contribution is 5.22. The van der Waals surface area contributed by atoms with Gasteiger partial charge in [0.1, 0.15) is 11.6 Å². The zero-order valence-electron chi connectivity index (χ0n) is 12.5. The highest BCUT2D eigenvalue weighted by atomic mass is 19.1. The van der Waals surface area contributed by atoms with Crippen molar-refractivity contribution in [2.45, 2.75) is 19.1 Å². The van der Waals surface area contributed by atoms with Crippen molar-refractivity contribution in [3.8, 4) is 6.07 Å². The average Bonchev–Trinajstić information content (AvgIpc) is 2.53. The number of aromatic nitrogens is 1. The maximum absolute atomic E-state index is 13.7. The van der Waals surface area contributed by atoms with Crippen molar-refractivity contribution in [3.05, 3.63) is 65.5 Å². The van der Waals surface area contributed by atoms with Crippen molar-refractivity contribution in [1.82, 2.24) is 9.88 Å². The highest BCUT2D eigenvalue weighted by Gasteiger charge is 2.20. The zero-order valence-corrected chi connectivity index (χ0v) is 12.5. The minimum atomic E-state index is -1.32. The molecule has 0 saturated heterocycles.